The van der Waals surface area contributed by atoms with E-state index in [1.54, 1.807) is 0 Å². The lowest BCUT2D eigenvalue weighted by Crippen LogP contribution is -2.50. The first-order valence-corrected chi connectivity index (χ1v) is 10.3. The summed E-state index contributed by atoms with van der Waals surface area (Å²) in [6, 6.07) is 10.5. The molecule has 148 valence electrons. The van der Waals surface area contributed by atoms with Gasteiger partial charge < -0.3 is 9.47 Å². The highest BCUT2D eigenvalue weighted by Gasteiger charge is 2.46. The molecule has 0 N–H and O–H groups in total. The molecule has 3 heteroatoms. The van der Waals surface area contributed by atoms with Gasteiger partial charge in [0.25, 0.3) is 0 Å². The molecule has 1 aromatic rings. The molecule has 0 heterocycles. The van der Waals surface area contributed by atoms with Crippen LogP contribution in [0.5, 0.6) is 0 Å². The molecule has 0 bridgehead atoms. The molecule has 0 aliphatic carbocycles. The molecular weight excluding hydrogens is 324 g/mol. The van der Waals surface area contributed by atoms with Crippen LogP contribution >= 0.6 is 0 Å². The number of benzene rings is 1. The maximum atomic E-state index is 13.0. The first-order chi connectivity index (χ1) is 12.5. The molecule has 2 atom stereocenters. The Labute approximate surface area is 160 Å². The predicted octanol–water partition coefficient (Wildman–Crippen LogP) is 5.81. The molecule has 0 aromatic heterocycles. The summed E-state index contributed by atoms with van der Waals surface area (Å²) in [5.41, 5.74) is 0.480. The third-order valence-electron chi connectivity index (χ3n) is 4.90. The Hall–Kier alpha value is -1.35. The van der Waals surface area contributed by atoms with Gasteiger partial charge in [0.2, 0.25) is 0 Å². The molecule has 0 spiro atoms. The van der Waals surface area contributed by atoms with Gasteiger partial charge in [-0.05, 0) is 49.5 Å². The van der Waals surface area contributed by atoms with Gasteiger partial charge in [0.1, 0.15) is 0 Å². The van der Waals surface area contributed by atoms with Crippen molar-refractivity contribution in [2.24, 2.45) is 11.8 Å². The van der Waals surface area contributed by atoms with E-state index in [1.807, 2.05) is 13.0 Å². The Bertz CT molecular complexity index is 497. The highest BCUT2D eigenvalue weighted by molar-refractivity contribution is 5.80. The van der Waals surface area contributed by atoms with Gasteiger partial charge in [0, 0.05) is 0 Å². The number of esters is 1. The summed E-state index contributed by atoms with van der Waals surface area (Å²) in [5, 5.41) is 0. The van der Waals surface area contributed by atoms with Gasteiger partial charge in [-0.15, -0.1) is 0 Å². The van der Waals surface area contributed by atoms with Gasteiger partial charge in [-0.2, -0.15) is 0 Å². The molecule has 0 saturated carbocycles. The van der Waals surface area contributed by atoms with Crippen LogP contribution in [-0.2, 0) is 20.7 Å². The minimum absolute atomic E-state index is 0.167. The lowest BCUT2D eigenvalue weighted by molar-refractivity contribution is -0.185. The van der Waals surface area contributed by atoms with E-state index in [-0.39, 0.29) is 11.9 Å². The molecule has 0 aliphatic rings. The Morgan fingerprint density at radius 3 is 2.27 bits per heavy atom. The quantitative estimate of drug-likeness (QED) is 0.415. The van der Waals surface area contributed by atoms with Crippen molar-refractivity contribution in [1.82, 2.24) is 0 Å². The first kappa shape index (κ1) is 22.7. The third kappa shape index (κ3) is 6.75. The summed E-state index contributed by atoms with van der Waals surface area (Å²) >= 11 is 0. The van der Waals surface area contributed by atoms with Crippen LogP contribution in [0.4, 0.5) is 0 Å². The van der Waals surface area contributed by atoms with Crippen LogP contribution in [0, 0.1) is 11.8 Å². The van der Waals surface area contributed by atoms with E-state index in [0.29, 0.717) is 25.6 Å². The average molecular weight is 363 g/mol. The number of hydrogen-bond donors (Lipinski definition) is 0. The molecule has 0 aliphatic heterocycles. The maximum Gasteiger partial charge on any atom is 0.338 e. The molecule has 0 radical (unpaired) electrons. The van der Waals surface area contributed by atoms with Crippen molar-refractivity contribution in [2.75, 3.05) is 13.2 Å². The SMILES string of the molecule is CCCOC(=O)C(CC)(OCC(C)C)C(CCC)CCc1ccccc1. The fourth-order valence-corrected chi connectivity index (χ4v) is 3.46. The number of ether oxygens (including phenoxy) is 2. The summed E-state index contributed by atoms with van der Waals surface area (Å²) in [5.74, 6) is 0.381. The smallest absolute Gasteiger partial charge is 0.338 e. The fraction of sp³-hybridized carbons (Fsp3) is 0.696. The molecule has 26 heavy (non-hydrogen) atoms. The van der Waals surface area contributed by atoms with Gasteiger partial charge in [0.05, 0.1) is 13.2 Å². The van der Waals surface area contributed by atoms with Gasteiger partial charge >= 0.3 is 5.97 Å². The van der Waals surface area contributed by atoms with E-state index in [0.717, 1.165) is 32.1 Å². The Morgan fingerprint density at radius 2 is 1.73 bits per heavy atom. The van der Waals surface area contributed by atoms with E-state index >= 15 is 0 Å². The molecule has 0 fully saturated rings. The Balaban J connectivity index is 3.02. The average Bonchev–Trinajstić information content (AvgIpc) is 2.65. The number of rotatable bonds is 13. The van der Waals surface area contributed by atoms with Gasteiger partial charge in [0.15, 0.2) is 5.60 Å². The van der Waals surface area contributed by atoms with Crippen molar-refractivity contribution in [2.45, 2.75) is 78.7 Å². The summed E-state index contributed by atoms with van der Waals surface area (Å²) in [6.45, 7) is 11.5. The van der Waals surface area contributed by atoms with Crippen LogP contribution < -0.4 is 0 Å². The topological polar surface area (TPSA) is 35.5 Å². The van der Waals surface area contributed by atoms with Crippen molar-refractivity contribution in [1.29, 1.82) is 0 Å². The zero-order valence-electron chi connectivity index (χ0n) is 17.4. The van der Waals surface area contributed by atoms with E-state index in [2.05, 4.69) is 52.0 Å². The van der Waals surface area contributed by atoms with E-state index in [4.69, 9.17) is 9.47 Å². The summed E-state index contributed by atoms with van der Waals surface area (Å²) in [4.78, 5) is 13.0. The van der Waals surface area contributed by atoms with Crippen molar-refractivity contribution >= 4 is 5.97 Å². The first-order valence-electron chi connectivity index (χ1n) is 10.3. The summed E-state index contributed by atoms with van der Waals surface area (Å²) in [7, 11) is 0. The second kappa shape index (κ2) is 12.1. The van der Waals surface area contributed by atoms with Crippen LogP contribution in [0.1, 0.15) is 72.3 Å². The minimum Gasteiger partial charge on any atom is -0.464 e. The van der Waals surface area contributed by atoms with Crippen molar-refractivity contribution in [3.8, 4) is 0 Å². The zero-order chi connectivity index (χ0) is 19.4. The molecule has 3 nitrogen and oxygen atoms in total. The molecule has 1 rings (SSSR count). The van der Waals surface area contributed by atoms with Crippen molar-refractivity contribution in [3.05, 3.63) is 35.9 Å². The number of aryl methyl sites for hydroxylation is 1. The predicted molar refractivity (Wildman–Crippen MR) is 108 cm³/mol. The number of hydrogen-bond acceptors (Lipinski definition) is 3. The third-order valence-corrected chi connectivity index (χ3v) is 4.90. The van der Waals surface area contributed by atoms with Crippen LogP contribution in [-0.4, -0.2) is 24.8 Å². The second-order valence-electron chi connectivity index (χ2n) is 7.59. The van der Waals surface area contributed by atoms with Crippen LogP contribution in [0.15, 0.2) is 30.3 Å². The number of carbonyl (C=O) groups excluding carboxylic acids is 1. The highest BCUT2D eigenvalue weighted by atomic mass is 16.6. The zero-order valence-corrected chi connectivity index (χ0v) is 17.4. The van der Waals surface area contributed by atoms with Gasteiger partial charge in [-0.25, -0.2) is 4.79 Å². The van der Waals surface area contributed by atoms with E-state index < -0.39 is 5.60 Å². The lowest BCUT2D eigenvalue weighted by Gasteiger charge is -2.38. The molecule has 0 amide bonds. The number of carbonyl (C=O) groups is 1. The Kier molecular flexibility index (Phi) is 10.6. The Morgan fingerprint density at radius 1 is 1.04 bits per heavy atom. The summed E-state index contributed by atoms with van der Waals surface area (Å²) in [6.07, 6.45) is 5.39. The highest BCUT2D eigenvalue weighted by Crippen LogP contribution is 2.35. The van der Waals surface area contributed by atoms with Gasteiger partial charge in [-0.3, -0.25) is 0 Å². The molecular formula is C23H38O3. The van der Waals surface area contributed by atoms with Crippen molar-refractivity contribution < 1.29 is 14.3 Å². The van der Waals surface area contributed by atoms with Crippen LogP contribution in [0.2, 0.25) is 0 Å². The standard InChI is InChI=1S/C23H38O3/c1-6-12-21(16-15-20-13-10-9-11-14-20)23(8-3,26-18-19(4)5)22(24)25-17-7-2/h9-11,13-14,19,21H,6-8,12,15-18H2,1-5H3. The second-order valence-corrected chi connectivity index (χ2v) is 7.59. The molecule has 1 aromatic carbocycles. The summed E-state index contributed by atoms with van der Waals surface area (Å²) < 4.78 is 11.9. The largest absolute Gasteiger partial charge is 0.464 e. The normalized spacial score (nSPS) is 14.8. The molecule has 2 unspecified atom stereocenters. The van der Waals surface area contributed by atoms with Crippen molar-refractivity contribution in [3.63, 3.8) is 0 Å². The van der Waals surface area contributed by atoms with Crippen LogP contribution in [0.25, 0.3) is 0 Å². The lowest BCUT2D eigenvalue weighted by atomic mass is 9.78. The minimum atomic E-state index is -0.829. The fourth-order valence-electron chi connectivity index (χ4n) is 3.46. The monoisotopic (exact) mass is 362 g/mol. The van der Waals surface area contributed by atoms with E-state index in [1.165, 1.54) is 5.56 Å². The maximum absolute atomic E-state index is 13.0. The van der Waals surface area contributed by atoms with Crippen LogP contribution in [0.3, 0.4) is 0 Å². The molecule has 0 saturated heterocycles. The van der Waals surface area contributed by atoms with Gasteiger partial charge in [-0.1, -0.05) is 71.4 Å². The van der Waals surface area contributed by atoms with E-state index in [9.17, 15) is 4.79 Å².